The van der Waals surface area contributed by atoms with E-state index < -0.39 is 17.7 Å². The largest absolute Gasteiger partial charge is 0.435 e. The number of cyclic esters (lactones) is 1. The SMILES string of the molecule is CCO[C@H]1OC(=O)[C@@](C)(C(C)=O)[C@H]1C. The van der Waals surface area contributed by atoms with Crippen LogP contribution in [0.1, 0.15) is 27.7 Å². The van der Waals surface area contributed by atoms with E-state index in [9.17, 15) is 9.59 Å². The summed E-state index contributed by atoms with van der Waals surface area (Å²) in [5.41, 5.74) is -1.04. The Kier molecular flexibility index (Phi) is 2.95. The Morgan fingerprint density at radius 1 is 1.64 bits per heavy atom. The van der Waals surface area contributed by atoms with Crippen molar-refractivity contribution < 1.29 is 19.1 Å². The zero-order chi connectivity index (χ0) is 10.9. The lowest BCUT2D eigenvalue weighted by Gasteiger charge is -2.22. The summed E-state index contributed by atoms with van der Waals surface area (Å²) in [4.78, 5) is 22.9. The maximum atomic E-state index is 11.5. The van der Waals surface area contributed by atoms with Gasteiger partial charge in [0.1, 0.15) is 11.2 Å². The fourth-order valence-corrected chi connectivity index (χ4v) is 1.59. The van der Waals surface area contributed by atoms with Crippen LogP contribution in [-0.2, 0) is 19.1 Å². The van der Waals surface area contributed by atoms with E-state index in [1.54, 1.807) is 13.8 Å². The third-order valence-corrected chi connectivity index (χ3v) is 3.03. The van der Waals surface area contributed by atoms with E-state index in [4.69, 9.17) is 9.47 Å². The minimum Gasteiger partial charge on any atom is -0.435 e. The average molecular weight is 200 g/mol. The second-order valence-electron chi connectivity index (χ2n) is 3.78. The fraction of sp³-hybridized carbons (Fsp3) is 0.800. The highest BCUT2D eigenvalue weighted by molar-refractivity contribution is 6.03. The third kappa shape index (κ3) is 1.43. The van der Waals surface area contributed by atoms with Gasteiger partial charge < -0.3 is 9.47 Å². The minimum absolute atomic E-state index is 0.169. The summed E-state index contributed by atoms with van der Waals surface area (Å²) in [6, 6.07) is 0. The molecular formula is C10H16O4. The minimum atomic E-state index is -1.04. The topological polar surface area (TPSA) is 52.6 Å². The molecule has 0 amide bonds. The van der Waals surface area contributed by atoms with Crippen LogP contribution in [0.15, 0.2) is 0 Å². The number of ether oxygens (including phenoxy) is 2. The van der Waals surface area contributed by atoms with Crippen molar-refractivity contribution >= 4 is 11.8 Å². The first-order valence-electron chi connectivity index (χ1n) is 4.78. The number of ketones is 1. The summed E-state index contributed by atoms with van der Waals surface area (Å²) in [7, 11) is 0. The predicted molar refractivity (Wildman–Crippen MR) is 49.5 cm³/mol. The Labute approximate surface area is 83.6 Å². The second kappa shape index (κ2) is 3.69. The average Bonchev–Trinajstić information content (AvgIpc) is 2.32. The van der Waals surface area contributed by atoms with Crippen molar-refractivity contribution in [3.8, 4) is 0 Å². The molecule has 0 radical (unpaired) electrons. The summed E-state index contributed by atoms with van der Waals surface area (Å²) in [5.74, 6) is -0.874. The molecule has 0 aliphatic carbocycles. The molecule has 0 unspecified atom stereocenters. The number of hydrogen-bond acceptors (Lipinski definition) is 4. The van der Waals surface area contributed by atoms with Crippen molar-refractivity contribution in [1.82, 2.24) is 0 Å². The van der Waals surface area contributed by atoms with Crippen molar-refractivity contribution in [3.63, 3.8) is 0 Å². The molecule has 3 atom stereocenters. The van der Waals surface area contributed by atoms with Crippen LogP contribution in [0.4, 0.5) is 0 Å². The molecule has 1 saturated heterocycles. The van der Waals surface area contributed by atoms with E-state index >= 15 is 0 Å². The van der Waals surface area contributed by atoms with Crippen LogP contribution < -0.4 is 0 Å². The highest BCUT2D eigenvalue weighted by atomic mass is 16.7. The van der Waals surface area contributed by atoms with Crippen molar-refractivity contribution in [2.24, 2.45) is 11.3 Å². The molecule has 4 heteroatoms. The lowest BCUT2D eigenvalue weighted by Crippen LogP contribution is -2.37. The van der Waals surface area contributed by atoms with Crippen LogP contribution in [0, 0.1) is 11.3 Å². The Bertz CT molecular complexity index is 261. The van der Waals surface area contributed by atoms with E-state index in [0.29, 0.717) is 6.61 Å². The first-order valence-corrected chi connectivity index (χ1v) is 4.78. The molecule has 0 N–H and O–H groups in total. The molecule has 0 aromatic carbocycles. The monoisotopic (exact) mass is 200 g/mol. The van der Waals surface area contributed by atoms with Gasteiger partial charge in [-0.05, 0) is 20.8 Å². The molecule has 4 nitrogen and oxygen atoms in total. The van der Waals surface area contributed by atoms with Gasteiger partial charge >= 0.3 is 5.97 Å². The quantitative estimate of drug-likeness (QED) is 0.506. The lowest BCUT2D eigenvalue weighted by atomic mass is 9.77. The van der Waals surface area contributed by atoms with Crippen molar-refractivity contribution in [1.29, 1.82) is 0 Å². The molecule has 1 fully saturated rings. The Hall–Kier alpha value is -0.900. The van der Waals surface area contributed by atoms with E-state index in [1.165, 1.54) is 6.92 Å². The maximum Gasteiger partial charge on any atom is 0.322 e. The zero-order valence-corrected chi connectivity index (χ0v) is 8.99. The summed E-state index contributed by atoms with van der Waals surface area (Å²) >= 11 is 0. The molecule has 1 heterocycles. The molecule has 0 spiro atoms. The molecule has 0 saturated carbocycles. The van der Waals surface area contributed by atoms with Gasteiger partial charge in [-0.2, -0.15) is 0 Å². The maximum absolute atomic E-state index is 11.5. The first kappa shape index (κ1) is 11.2. The number of hydrogen-bond donors (Lipinski definition) is 0. The number of carbonyl (C=O) groups is 2. The number of Topliss-reactive ketones (excluding diaryl/α,β-unsaturated/α-hetero) is 1. The smallest absolute Gasteiger partial charge is 0.322 e. The van der Waals surface area contributed by atoms with Crippen LogP contribution in [0.3, 0.4) is 0 Å². The van der Waals surface area contributed by atoms with Gasteiger partial charge in [-0.1, -0.05) is 6.92 Å². The molecule has 0 bridgehead atoms. The first-order chi connectivity index (χ1) is 6.44. The van der Waals surface area contributed by atoms with Gasteiger partial charge in [0.25, 0.3) is 0 Å². The molecule has 14 heavy (non-hydrogen) atoms. The normalized spacial score (nSPS) is 37.0. The third-order valence-electron chi connectivity index (χ3n) is 3.03. The van der Waals surface area contributed by atoms with Crippen molar-refractivity contribution in [3.05, 3.63) is 0 Å². The van der Waals surface area contributed by atoms with Gasteiger partial charge in [0.2, 0.25) is 6.29 Å². The van der Waals surface area contributed by atoms with Gasteiger partial charge in [-0.15, -0.1) is 0 Å². The highest BCUT2D eigenvalue weighted by Gasteiger charge is 2.55. The summed E-state index contributed by atoms with van der Waals surface area (Å²) in [5, 5.41) is 0. The number of carbonyl (C=O) groups excluding carboxylic acids is 2. The predicted octanol–water partition coefficient (Wildman–Crippen LogP) is 1.14. The zero-order valence-electron chi connectivity index (χ0n) is 8.99. The van der Waals surface area contributed by atoms with Crippen LogP contribution >= 0.6 is 0 Å². The van der Waals surface area contributed by atoms with Gasteiger partial charge in [0.05, 0.1) is 0 Å². The van der Waals surface area contributed by atoms with Gasteiger partial charge in [-0.3, -0.25) is 9.59 Å². The Morgan fingerprint density at radius 2 is 2.21 bits per heavy atom. The summed E-state index contributed by atoms with van der Waals surface area (Å²) in [6.07, 6.45) is -0.582. The van der Waals surface area contributed by atoms with E-state index in [0.717, 1.165) is 0 Å². The molecular weight excluding hydrogens is 184 g/mol. The van der Waals surface area contributed by atoms with Gasteiger partial charge in [0, 0.05) is 12.5 Å². The van der Waals surface area contributed by atoms with Crippen LogP contribution in [0.5, 0.6) is 0 Å². The highest BCUT2D eigenvalue weighted by Crippen LogP contribution is 2.40. The lowest BCUT2D eigenvalue weighted by molar-refractivity contribution is -0.166. The van der Waals surface area contributed by atoms with Gasteiger partial charge in [0.15, 0.2) is 0 Å². The molecule has 0 aromatic heterocycles. The number of esters is 1. The fourth-order valence-electron chi connectivity index (χ4n) is 1.59. The molecule has 1 rings (SSSR count). The molecule has 80 valence electrons. The second-order valence-corrected chi connectivity index (χ2v) is 3.78. The number of rotatable bonds is 3. The van der Waals surface area contributed by atoms with Crippen LogP contribution in [0.2, 0.25) is 0 Å². The van der Waals surface area contributed by atoms with Gasteiger partial charge in [-0.25, -0.2) is 0 Å². The molecule has 1 aliphatic rings. The Balaban J connectivity index is 2.90. The van der Waals surface area contributed by atoms with E-state index in [-0.39, 0.29) is 11.7 Å². The summed E-state index contributed by atoms with van der Waals surface area (Å²) < 4.78 is 10.2. The molecule has 0 aromatic rings. The molecule has 1 aliphatic heterocycles. The van der Waals surface area contributed by atoms with Crippen LogP contribution in [0.25, 0.3) is 0 Å². The van der Waals surface area contributed by atoms with Crippen LogP contribution in [-0.4, -0.2) is 24.6 Å². The van der Waals surface area contributed by atoms with E-state index in [2.05, 4.69) is 0 Å². The summed E-state index contributed by atoms with van der Waals surface area (Å²) in [6.45, 7) is 7.11. The van der Waals surface area contributed by atoms with Crippen molar-refractivity contribution in [2.75, 3.05) is 6.61 Å². The Morgan fingerprint density at radius 3 is 2.57 bits per heavy atom. The standard InChI is InChI=1S/C10H16O4/c1-5-13-8-6(2)10(4,7(3)11)9(12)14-8/h6,8H,5H2,1-4H3/t6-,8-,10+/m0/s1. The van der Waals surface area contributed by atoms with Crippen molar-refractivity contribution in [2.45, 2.75) is 34.0 Å². The van der Waals surface area contributed by atoms with E-state index in [1.807, 2.05) is 6.92 Å².